The van der Waals surface area contributed by atoms with Crippen LogP contribution in [0.1, 0.15) is 10.4 Å². The van der Waals surface area contributed by atoms with E-state index in [1.807, 2.05) is 0 Å². The van der Waals surface area contributed by atoms with Gasteiger partial charge in [0.05, 0.1) is 21.3 Å². The minimum absolute atomic E-state index is 0.140. The number of Topliss-reactive ketones (excluding diaryl/α,β-unsaturated/α-hetero) is 1. The Kier molecular flexibility index (Phi) is 4.47. The number of hydrogen-bond acceptors (Lipinski definition) is 6. The average Bonchev–Trinajstić information content (AvgIpc) is 2.35. The summed E-state index contributed by atoms with van der Waals surface area (Å²) in [5, 5.41) is 10.3. The molecule has 1 aromatic carbocycles. The first-order chi connectivity index (χ1) is 8.53. The van der Waals surface area contributed by atoms with Crippen molar-refractivity contribution in [1.29, 1.82) is 0 Å². The zero-order valence-corrected chi connectivity index (χ0v) is 10.3. The summed E-state index contributed by atoms with van der Waals surface area (Å²) in [6.45, 7) is -0.779. The molecule has 0 aliphatic carbocycles. The molecule has 0 unspecified atom stereocenters. The van der Waals surface area contributed by atoms with Gasteiger partial charge in [-0.1, -0.05) is 0 Å². The van der Waals surface area contributed by atoms with Crippen molar-refractivity contribution in [2.24, 2.45) is 0 Å². The van der Waals surface area contributed by atoms with E-state index in [4.69, 9.17) is 14.2 Å². The van der Waals surface area contributed by atoms with Crippen molar-refractivity contribution in [2.45, 2.75) is 0 Å². The second kappa shape index (κ2) is 5.85. The van der Waals surface area contributed by atoms with Crippen molar-refractivity contribution in [3.63, 3.8) is 0 Å². The standard InChI is InChI=1S/C11H13NO6/c1-16-9-4-7(8(13)6-12(14)15)5-10(17-2)11(9)18-3/h4-5H,6H2,1-3H3. The highest BCUT2D eigenvalue weighted by molar-refractivity contribution is 5.98. The van der Waals surface area contributed by atoms with Crippen LogP contribution in [0.2, 0.25) is 0 Å². The molecule has 0 spiro atoms. The molecule has 0 N–H and O–H groups in total. The first kappa shape index (κ1) is 13.8. The third-order valence-electron chi connectivity index (χ3n) is 2.26. The van der Waals surface area contributed by atoms with Crippen LogP contribution in [0.25, 0.3) is 0 Å². The van der Waals surface area contributed by atoms with Gasteiger partial charge in [-0.05, 0) is 12.1 Å². The van der Waals surface area contributed by atoms with Gasteiger partial charge in [-0.25, -0.2) is 0 Å². The Morgan fingerprint density at radius 3 is 2.00 bits per heavy atom. The number of ether oxygens (including phenoxy) is 3. The van der Waals surface area contributed by atoms with Gasteiger partial charge < -0.3 is 14.2 Å². The monoisotopic (exact) mass is 255 g/mol. The first-order valence-electron chi connectivity index (χ1n) is 4.98. The molecule has 0 atom stereocenters. The maximum Gasteiger partial charge on any atom is 0.265 e. The van der Waals surface area contributed by atoms with Gasteiger partial charge >= 0.3 is 0 Å². The van der Waals surface area contributed by atoms with Crippen LogP contribution < -0.4 is 14.2 Å². The Labute approximate surface area is 103 Å². The average molecular weight is 255 g/mol. The summed E-state index contributed by atoms with van der Waals surface area (Å²) in [5.41, 5.74) is 0.140. The third kappa shape index (κ3) is 2.88. The number of rotatable bonds is 6. The molecule has 1 aromatic rings. The van der Waals surface area contributed by atoms with Crippen LogP contribution >= 0.6 is 0 Å². The minimum Gasteiger partial charge on any atom is -0.493 e. The van der Waals surface area contributed by atoms with E-state index in [0.717, 1.165) is 0 Å². The summed E-state index contributed by atoms with van der Waals surface area (Å²) >= 11 is 0. The lowest BCUT2D eigenvalue weighted by molar-refractivity contribution is -0.465. The SMILES string of the molecule is COc1cc(C(=O)C[N+](=O)[O-])cc(OC)c1OC. The fourth-order valence-corrected chi connectivity index (χ4v) is 1.45. The lowest BCUT2D eigenvalue weighted by Gasteiger charge is -2.13. The number of nitrogens with zero attached hydrogens (tertiary/aromatic N) is 1. The van der Waals surface area contributed by atoms with Crippen molar-refractivity contribution >= 4 is 5.78 Å². The molecule has 98 valence electrons. The van der Waals surface area contributed by atoms with Crippen LogP contribution in [-0.4, -0.2) is 38.6 Å². The Hall–Kier alpha value is -2.31. The molecule has 18 heavy (non-hydrogen) atoms. The molecular formula is C11H13NO6. The Balaban J connectivity index is 3.22. The van der Waals surface area contributed by atoms with Crippen LogP contribution in [0, 0.1) is 10.1 Å². The van der Waals surface area contributed by atoms with E-state index < -0.39 is 17.3 Å². The summed E-state index contributed by atoms with van der Waals surface area (Å²) in [4.78, 5) is 21.2. The second-order valence-corrected chi connectivity index (χ2v) is 3.33. The number of hydrogen-bond donors (Lipinski definition) is 0. The van der Waals surface area contributed by atoms with Gasteiger partial charge in [0.25, 0.3) is 6.54 Å². The summed E-state index contributed by atoms with van der Waals surface area (Å²) in [6.07, 6.45) is 0. The number of carbonyl (C=O) groups is 1. The molecule has 0 saturated carbocycles. The molecule has 0 amide bonds. The number of carbonyl (C=O) groups excluding carboxylic acids is 1. The fourth-order valence-electron chi connectivity index (χ4n) is 1.45. The van der Waals surface area contributed by atoms with Crippen LogP contribution in [0.5, 0.6) is 17.2 Å². The molecule has 0 fully saturated rings. The third-order valence-corrected chi connectivity index (χ3v) is 2.26. The highest BCUT2D eigenvalue weighted by Crippen LogP contribution is 2.38. The topological polar surface area (TPSA) is 87.9 Å². The van der Waals surface area contributed by atoms with Crippen LogP contribution in [-0.2, 0) is 0 Å². The lowest BCUT2D eigenvalue weighted by atomic mass is 10.1. The molecule has 7 nitrogen and oxygen atoms in total. The van der Waals surface area contributed by atoms with Crippen LogP contribution in [0.3, 0.4) is 0 Å². The normalized spacial score (nSPS) is 9.72. The van der Waals surface area contributed by atoms with Crippen LogP contribution in [0.4, 0.5) is 0 Å². The van der Waals surface area contributed by atoms with Gasteiger partial charge in [0.1, 0.15) is 0 Å². The van der Waals surface area contributed by atoms with Gasteiger partial charge in [-0.2, -0.15) is 0 Å². The summed E-state index contributed by atoms with van der Waals surface area (Å²) in [5.74, 6) is 0.268. The predicted molar refractivity (Wildman–Crippen MR) is 62.3 cm³/mol. The zero-order chi connectivity index (χ0) is 13.7. The van der Waals surface area contributed by atoms with Crippen molar-refractivity contribution in [2.75, 3.05) is 27.9 Å². The molecule has 7 heteroatoms. The molecular weight excluding hydrogens is 242 g/mol. The molecule has 1 rings (SSSR count). The molecule has 0 heterocycles. The summed E-state index contributed by atoms with van der Waals surface area (Å²) < 4.78 is 15.2. The highest BCUT2D eigenvalue weighted by Gasteiger charge is 2.19. The van der Waals surface area contributed by atoms with E-state index in [1.165, 1.54) is 33.5 Å². The Bertz CT molecular complexity index is 446. The van der Waals surface area contributed by atoms with Gasteiger partial charge in [0.2, 0.25) is 11.5 Å². The zero-order valence-electron chi connectivity index (χ0n) is 10.3. The number of methoxy groups -OCH3 is 3. The predicted octanol–water partition coefficient (Wildman–Crippen LogP) is 1.17. The highest BCUT2D eigenvalue weighted by atomic mass is 16.6. The van der Waals surface area contributed by atoms with E-state index in [-0.39, 0.29) is 17.1 Å². The fraction of sp³-hybridized carbons (Fsp3) is 0.364. The first-order valence-corrected chi connectivity index (χ1v) is 4.98. The van der Waals surface area contributed by atoms with E-state index in [9.17, 15) is 14.9 Å². The summed E-state index contributed by atoms with van der Waals surface area (Å²) in [7, 11) is 4.23. The van der Waals surface area contributed by atoms with Crippen molar-refractivity contribution in [1.82, 2.24) is 0 Å². The molecule has 0 aliphatic heterocycles. The smallest absolute Gasteiger partial charge is 0.265 e. The Morgan fingerprint density at radius 1 is 1.17 bits per heavy atom. The molecule has 0 saturated heterocycles. The molecule has 0 bridgehead atoms. The maximum atomic E-state index is 11.6. The quantitative estimate of drug-likeness (QED) is 0.430. The number of benzene rings is 1. The van der Waals surface area contributed by atoms with Gasteiger partial charge in [-0.15, -0.1) is 0 Å². The van der Waals surface area contributed by atoms with Crippen molar-refractivity contribution < 1.29 is 23.9 Å². The van der Waals surface area contributed by atoms with Gasteiger partial charge in [0, 0.05) is 10.5 Å². The Morgan fingerprint density at radius 2 is 1.67 bits per heavy atom. The van der Waals surface area contributed by atoms with E-state index in [1.54, 1.807) is 0 Å². The summed E-state index contributed by atoms with van der Waals surface area (Å²) in [6, 6.07) is 2.76. The molecule has 0 aromatic heterocycles. The van der Waals surface area contributed by atoms with Crippen molar-refractivity contribution in [3.8, 4) is 17.2 Å². The molecule has 0 radical (unpaired) electrons. The van der Waals surface area contributed by atoms with Crippen LogP contribution in [0.15, 0.2) is 12.1 Å². The number of ketones is 1. The van der Waals surface area contributed by atoms with Crippen molar-refractivity contribution in [3.05, 3.63) is 27.8 Å². The van der Waals surface area contributed by atoms with Gasteiger partial charge in [-0.3, -0.25) is 14.9 Å². The molecule has 0 aliphatic rings. The van der Waals surface area contributed by atoms with E-state index >= 15 is 0 Å². The lowest BCUT2D eigenvalue weighted by Crippen LogP contribution is -2.14. The maximum absolute atomic E-state index is 11.6. The largest absolute Gasteiger partial charge is 0.493 e. The minimum atomic E-state index is -0.779. The van der Waals surface area contributed by atoms with E-state index in [2.05, 4.69) is 0 Å². The number of nitro groups is 1. The van der Waals surface area contributed by atoms with E-state index in [0.29, 0.717) is 5.75 Å². The van der Waals surface area contributed by atoms with Gasteiger partial charge in [0.15, 0.2) is 11.5 Å². The second-order valence-electron chi connectivity index (χ2n) is 3.33.